The van der Waals surface area contributed by atoms with Crippen LogP contribution < -0.4 is 4.74 Å². The second-order valence-corrected chi connectivity index (χ2v) is 7.81. The predicted octanol–water partition coefficient (Wildman–Crippen LogP) is 5.45. The quantitative estimate of drug-likeness (QED) is 0.405. The number of aromatic nitrogens is 2. The molecule has 0 aliphatic heterocycles. The van der Waals surface area contributed by atoms with Crippen molar-refractivity contribution in [2.75, 3.05) is 0 Å². The Morgan fingerprint density at radius 3 is 2.15 bits per heavy atom. The molecule has 33 heavy (non-hydrogen) atoms. The molecule has 1 aromatic heterocycles. The van der Waals surface area contributed by atoms with E-state index in [4.69, 9.17) is 4.74 Å². The Bertz CT molecular complexity index is 1270. The molecule has 0 saturated carbocycles. The van der Waals surface area contributed by atoms with Gasteiger partial charge in [0.1, 0.15) is 11.5 Å². The van der Waals surface area contributed by atoms with Gasteiger partial charge in [-0.3, -0.25) is 0 Å². The minimum Gasteiger partial charge on any atom is -0.457 e. The fourth-order valence-corrected chi connectivity index (χ4v) is 3.78. The minimum absolute atomic E-state index is 0.146. The zero-order valence-electron chi connectivity index (χ0n) is 18.1. The molecule has 1 unspecified atom stereocenters. The molecule has 172 valence electrons. The Labute approximate surface area is 188 Å². The first-order chi connectivity index (χ1) is 15.7. The minimum atomic E-state index is -5.04. The van der Waals surface area contributed by atoms with Crippen LogP contribution in [0.4, 0.5) is 13.2 Å². The fraction of sp³-hybridized carbons (Fsp3) is 0.240. The van der Waals surface area contributed by atoms with Crippen LogP contribution in [0.3, 0.4) is 0 Å². The SMILES string of the molecule is CCn1c(C(O)(c2ccc(CO)cc2)C(F)(F)F)nc2ccc(Oc3ccc(C)cc3)cc21. The number of aliphatic hydroxyl groups excluding tert-OH is 1. The molecular weight excluding hydrogens is 433 g/mol. The lowest BCUT2D eigenvalue weighted by Crippen LogP contribution is -2.45. The van der Waals surface area contributed by atoms with Gasteiger partial charge in [-0.15, -0.1) is 0 Å². The van der Waals surface area contributed by atoms with Crippen molar-refractivity contribution >= 4 is 11.0 Å². The van der Waals surface area contributed by atoms with Gasteiger partial charge in [-0.2, -0.15) is 13.2 Å². The highest BCUT2D eigenvalue weighted by Crippen LogP contribution is 2.45. The topological polar surface area (TPSA) is 67.5 Å². The summed E-state index contributed by atoms with van der Waals surface area (Å²) in [5, 5.41) is 20.3. The average Bonchev–Trinajstić information content (AvgIpc) is 3.17. The van der Waals surface area contributed by atoms with Gasteiger partial charge in [0.25, 0.3) is 0 Å². The van der Waals surface area contributed by atoms with E-state index in [0.717, 1.165) is 17.7 Å². The highest BCUT2D eigenvalue weighted by molar-refractivity contribution is 5.78. The molecule has 5 nitrogen and oxygen atoms in total. The van der Waals surface area contributed by atoms with Gasteiger partial charge in [0.05, 0.1) is 17.6 Å². The Morgan fingerprint density at radius 2 is 1.58 bits per heavy atom. The molecule has 1 atom stereocenters. The molecule has 0 bridgehead atoms. The Balaban J connectivity index is 1.84. The lowest BCUT2D eigenvalue weighted by atomic mass is 9.91. The van der Waals surface area contributed by atoms with Crippen molar-refractivity contribution in [3.8, 4) is 11.5 Å². The van der Waals surface area contributed by atoms with Crippen LogP contribution in [-0.2, 0) is 18.8 Å². The van der Waals surface area contributed by atoms with Crippen molar-refractivity contribution in [1.82, 2.24) is 9.55 Å². The molecular formula is C25H23F3N2O3. The van der Waals surface area contributed by atoms with Crippen LogP contribution in [-0.4, -0.2) is 25.9 Å². The summed E-state index contributed by atoms with van der Waals surface area (Å²) >= 11 is 0. The molecule has 2 N–H and O–H groups in total. The van der Waals surface area contributed by atoms with E-state index < -0.39 is 17.6 Å². The number of imidazole rings is 1. The van der Waals surface area contributed by atoms with Crippen LogP contribution in [0.2, 0.25) is 0 Å². The van der Waals surface area contributed by atoms with Crippen molar-refractivity contribution < 1.29 is 28.1 Å². The zero-order chi connectivity index (χ0) is 23.8. The molecule has 4 aromatic rings. The third-order valence-corrected chi connectivity index (χ3v) is 5.58. The zero-order valence-corrected chi connectivity index (χ0v) is 18.1. The monoisotopic (exact) mass is 456 g/mol. The molecule has 8 heteroatoms. The Kier molecular flexibility index (Phi) is 5.90. The summed E-state index contributed by atoms with van der Waals surface area (Å²) in [6.07, 6.45) is -5.04. The first-order valence-electron chi connectivity index (χ1n) is 10.4. The van der Waals surface area contributed by atoms with Crippen LogP contribution in [0.15, 0.2) is 66.7 Å². The van der Waals surface area contributed by atoms with Gasteiger partial charge in [-0.25, -0.2) is 4.98 Å². The first-order valence-corrected chi connectivity index (χ1v) is 10.4. The molecule has 0 saturated heterocycles. The van der Waals surface area contributed by atoms with Crippen molar-refractivity contribution in [3.63, 3.8) is 0 Å². The van der Waals surface area contributed by atoms with Gasteiger partial charge in [0, 0.05) is 18.2 Å². The highest BCUT2D eigenvalue weighted by atomic mass is 19.4. The summed E-state index contributed by atoms with van der Waals surface area (Å²) in [4.78, 5) is 4.19. The largest absolute Gasteiger partial charge is 0.457 e. The van der Waals surface area contributed by atoms with E-state index in [1.54, 1.807) is 37.3 Å². The van der Waals surface area contributed by atoms with Gasteiger partial charge in [-0.1, -0.05) is 42.0 Å². The van der Waals surface area contributed by atoms with E-state index in [2.05, 4.69) is 4.98 Å². The van der Waals surface area contributed by atoms with E-state index >= 15 is 0 Å². The standard InChI is InChI=1S/C25H23F3N2O3/c1-3-30-22-14-20(33-19-10-4-16(2)5-11-19)12-13-21(22)29-23(30)24(32,25(26,27)28)18-8-6-17(15-31)7-9-18/h4-14,31-32H,3,15H2,1-2H3. The van der Waals surface area contributed by atoms with E-state index in [-0.39, 0.29) is 18.7 Å². The number of rotatable bonds is 6. The lowest BCUT2D eigenvalue weighted by Gasteiger charge is -2.31. The normalized spacial score (nSPS) is 13.8. The number of alkyl halides is 3. The summed E-state index contributed by atoms with van der Waals surface area (Å²) in [5.41, 5.74) is -1.50. The van der Waals surface area contributed by atoms with Gasteiger partial charge in [0.2, 0.25) is 5.60 Å². The van der Waals surface area contributed by atoms with Gasteiger partial charge in [0.15, 0.2) is 5.82 Å². The van der Waals surface area contributed by atoms with E-state index in [1.807, 2.05) is 19.1 Å². The smallest absolute Gasteiger partial charge is 0.428 e. The van der Waals surface area contributed by atoms with Crippen LogP contribution in [0, 0.1) is 6.92 Å². The maximum atomic E-state index is 14.3. The summed E-state index contributed by atoms with van der Waals surface area (Å²) in [5.74, 6) is 0.505. The molecule has 0 aliphatic carbocycles. The summed E-state index contributed by atoms with van der Waals surface area (Å²) in [7, 11) is 0. The maximum Gasteiger partial charge on any atom is 0.428 e. The third-order valence-electron chi connectivity index (χ3n) is 5.58. The number of ether oxygens (including phenoxy) is 1. The van der Waals surface area contributed by atoms with Crippen LogP contribution in [0.5, 0.6) is 11.5 Å². The van der Waals surface area contributed by atoms with Crippen LogP contribution in [0.1, 0.15) is 29.4 Å². The molecule has 4 rings (SSSR count). The van der Waals surface area contributed by atoms with Gasteiger partial charge in [-0.05, 0) is 43.7 Å². The van der Waals surface area contributed by atoms with Crippen molar-refractivity contribution in [1.29, 1.82) is 0 Å². The average molecular weight is 456 g/mol. The number of hydrogen-bond acceptors (Lipinski definition) is 4. The molecule has 0 aliphatic rings. The summed E-state index contributed by atoms with van der Waals surface area (Å²) in [6, 6.07) is 17.2. The molecule has 0 fully saturated rings. The van der Waals surface area contributed by atoms with E-state index in [1.165, 1.54) is 16.7 Å². The second-order valence-electron chi connectivity index (χ2n) is 7.81. The molecule has 0 radical (unpaired) electrons. The molecule has 0 amide bonds. The van der Waals surface area contributed by atoms with Gasteiger partial charge < -0.3 is 19.5 Å². The Morgan fingerprint density at radius 1 is 0.939 bits per heavy atom. The lowest BCUT2D eigenvalue weighted by molar-refractivity contribution is -0.252. The number of aliphatic hydroxyl groups is 2. The molecule has 0 spiro atoms. The first kappa shape index (κ1) is 22.8. The van der Waals surface area contributed by atoms with Crippen molar-refractivity contribution in [3.05, 3.63) is 89.2 Å². The van der Waals surface area contributed by atoms with Crippen molar-refractivity contribution in [2.24, 2.45) is 0 Å². The predicted molar refractivity (Wildman–Crippen MR) is 118 cm³/mol. The Hall–Kier alpha value is -3.36. The van der Waals surface area contributed by atoms with Crippen LogP contribution >= 0.6 is 0 Å². The third kappa shape index (κ3) is 4.07. The highest BCUT2D eigenvalue weighted by Gasteiger charge is 2.59. The number of benzene rings is 3. The van der Waals surface area contributed by atoms with E-state index in [0.29, 0.717) is 28.1 Å². The number of aryl methyl sites for hydroxylation is 2. The van der Waals surface area contributed by atoms with Crippen LogP contribution in [0.25, 0.3) is 11.0 Å². The number of nitrogens with zero attached hydrogens (tertiary/aromatic N) is 2. The number of halogens is 3. The summed E-state index contributed by atoms with van der Waals surface area (Å²) in [6.45, 7) is 3.47. The number of hydrogen-bond donors (Lipinski definition) is 2. The molecule has 1 heterocycles. The summed E-state index contributed by atoms with van der Waals surface area (Å²) < 4.78 is 50.2. The number of fused-ring (bicyclic) bond motifs is 1. The van der Waals surface area contributed by atoms with Crippen molar-refractivity contribution in [2.45, 2.75) is 38.8 Å². The maximum absolute atomic E-state index is 14.3. The van der Waals surface area contributed by atoms with Gasteiger partial charge >= 0.3 is 6.18 Å². The fourth-order valence-electron chi connectivity index (χ4n) is 3.78. The van der Waals surface area contributed by atoms with E-state index in [9.17, 15) is 23.4 Å². The molecule has 3 aromatic carbocycles. The second kappa shape index (κ2) is 8.53.